The van der Waals surface area contributed by atoms with E-state index in [2.05, 4.69) is 33.8 Å². The molecule has 1 atom stereocenters. The van der Waals surface area contributed by atoms with E-state index in [4.69, 9.17) is 5.26 Å². The van der Waals surface area contributed by atoms with Crippen LogP contribution in [0.5, 0.6) is 0 Å². The van der Waals surface area contributed by atoms with Gasteiger partial charge >= 0.3 is 0 Å². The van der Waals surface area contributed by atoms with Gasteiger partial charge < -0.3 is 0 Å². The largest absolute Gasteiger partial charge is 0.198 e. The molecule has 0 radical (unpaired) electrons. The predicted molar refractivity (Wildman–Crippen MR) is 59.8 cm³/mol. The van der Waals surface area contributed by atoms with Crippen molar-refractivity contribution in [3.63, 3.8) is 0 Å². The lowest BCUT2D eigenvalue weighted by atomic mass is 9.57. The van der Waals surface area contributed by atoms with Gasteiger partial charge in [0, 0.05) is 6.42 Å². The van der Waals surface area contributed by atoms with Crippen LogP contribution in [-0.2, 0) is 0 Å². The van der Waals surface area contributed by atoms with E-state index in [1.165, 1.54) is 25.7 Å². The van der Waals surface area contributed by atoms with Crippen molar-refractivity contribution >= 4 is 0 Å². The minimum Gasteiger partial charge on any atom is -0.198 e. The lowest BCUT2D eigenvalue weighted by Gasteiger charge is -2.46. The molecule has 80 valence electrons. The minimum atomic E-state index is 0.207. The summed E-state index contributed by atoms with van der Waals surface area (Å²) in [6.45, 7) is 9.23. The Bertz CT molecular complexity index is 230. The topological polar surface area (TPSA) is 23.8 Å². The van der Waals surface area contributed by atoms with E-state index in [1.807, 2.05) is 0 Å². The maximum absolute atomic E-state index is 8.98. The molecule has 0 spiro atoms. The molecule has 0 N–H and O–H groups in total. The van der Waals surface area contributed by atoms with Gasteiger partial charge in [-0.05, 0) is 29.6 Å². The molecule has 0 amide bonds. The predicted octanol–water partition coefficient (Wildman–Crippen LogP) is 4.14. The van der Waals surface area contributed by atoms with Gasteiger partial charge in [-0.2, -0.15) is 5.26 Å². The molecule has 0 saturated heterocycles. The molecular formula is C13H23N. The number of nitriles is 1. The van der Waals surface area contributed by atoms with Crippen LogP contribution in [0.15, 0.2) is 0 Å². The quantitative estimate of drug-likeness (QED) is 0.660. The zero-order chi connectivity index (χ0) is 10.8. The molecule has 0 bridgehead atoms. The first-order valence-corrected chi connectivity index (χ1v) is 5.83. The zero-order valence-electron chi connectivity index (χ0n) is 10.1. The molecule has 1 aliphatic carbocycles. The molecule has 1 aliphatic rings. The fraction of sp³-hybridized carbons (Fsp3) is 0.923. The van der Waals surface area contributed by atoms with Gasteiger partial charge in [0.05, 0.1) is 6.07 Å². The van der Waals surface area contributed by atoms with Crippen LogP contribution in [0.1, 0.15) is 59.8 Å². The molecule has 0 aliphatic heterocycles. The maximum atomic E-state index is 8.98. The Balaban J connectivity index is 2.92. The van der Waals surface area contributed by atoms with Crippen molar-refractivity contribution in [1.29, 1.82) is 5.26 Å². The third-order valence-electron chi connectivity index (χ3n) is 4.81. The standard InChI is InChI=1S/C13H23N/c1-11(2)13(4,9-10-14)12(3)7-5-6-8-12/h11H,5-9H2,1-4H3. The van der Waals surface area contributed by atoms with Crippen molar-refractivity contribution in [2.75, 3.05) is 0 Å². The smallest absolute Gasteiger partial charge is 0.0627 e. The Morgan fingerprint density at radius 2 is 1.86 bits per heavy atom. The van der Waals surface area contributed by atoms with Crippen LogP contribution in [0.2, 0.25) is 0 Å². The fourth-order valence-electron chi connectivity index (χ4n) is 3.01. The number of nitrogens with zero attached hydrogens (tertiary/aromatic N) is 1. The summed E-state index contributed by atoms with van der Waals surface area (Å²) in [7, 11) is 0. The Morgan fingerprint density at radius 3 is 2.21 bits per heavy atom. The van der Waals surface area contributed by atoms with Gasteiger partial charge in [0.2, 0.25) is 0 Å². The van der Waals surface area contributed by atoms with Crippen LogP contribution in [0.25, 0.3) is 0 Å². The summed E-state index contributed by atoms with van der Waals surface area (Å²) in [5, 5.41) is 8.98. The van der Waals surface area contributed by atoms with Gasteiger partial charge in [-0.1, -0.05) is 40.5 Å². The monoisotopic (exact) mass is 193 g/mol. The highest BCUT2D eigenvalue weighted by Gasteiger charge is 2.47. The first-order valence-electron chi connectivity index (χ1n) is 5.83. The highest BCUT2D eigenvalue weighted by molar-refractivity contribution is 5.01. The summed E-state index contributed by atoms with van der Waals surface area (Å²) < 4.78 is 0. The second-order valence-electron chi connectivity index (χ2n) is 5.67. The van der Waals surface area contributed by atoms with Crippen molar-refractivity contribution in [1.82, 2.24) is 0 Å². The van der Waals surface area contributed by atoms with Gasteiger partial charge in [0.15, 0.2) is 0 Å². The molecule has 0 heterocycles. The summed E-state index contributed by atoms with van der Waals surface area (Å²) in [4.78, 5) is 0. The van der Waals surface area contributed by atoms with Crippen LogP contribution >= 0.6 is 0 Å². The van der Waals surface area contributed by atoms with Crippen LogP contribution in [0, 0.1) is 28.1 Å². The maximum Gasteiger partial charge on any atom is 0.0627 e. The summed E-state index contributed by atoms with van der Waals surface area (Å²) in [5.74, 6) is 0.602. The molecule has 0 aromatic carbocycles. The van der Waals surface area contributed by atoms with Crippen LogP contribution in [0.3, 0.4) is 0 Å². The first-order chi connectivity index (χ1) is 6.46. The minimum absolute atomic E-state index is 0.207. The highest BCUT2D eigenvalue weighted by atomic mass is 14.5. The van der Waals surface area contributed by atoms with E-state index in [0.717, 1.165) is 0 Å². The van der Waals surface area contributed by atoms with Crippen LogP contribution in [0.4, 0.5) is 0 Å². The molecule has 14 heavy (non-hydrogen) atoms. The van der Waals surface area contributed by atoms with E-state index in [1.54, 1.807) is 0 Å². The van der Waals surface area contributed by atoms with E-state index >= 15 is 0 Å². The van der Waals surface area contributed by atoms with Gasteiger partial charge in [0.25, 0.3) is 0 Å². The molecule has 0 aromatic heterocycles. The van der Waals surface area contributed by atoms with E-state index in [-0.39, 0.29) is 5.41 Å². The molecule has 0 aromatic rings. The van der Waals surface area contributed by atoms with Crippen LogP contribution < -0.4 is 0 Å². The Hall–Kier alpha value is -0.510. The lowest BCUT2D eigenvalue weighted by molar-refractivity contribution is 0.0295. The van der Waals surface area contributed by atoms with E-state index in [9.17, 15) is 0 Å². The summed E-state index contributed by atoms with van der Waals surface area (Å²) in [6.07, 6.45) is 6.03. The number of hydrogen-bond acceptors (Lipinski definition) is 1. The third-order valence-corrected chi connectivity index (χ3v) is 4.81. The normalized spacial score (nSPS) is 24.6. The molecule has 1 nitrogen and oxygen atoms in total. The SMILES string of the molecule is CC(C)C(C)(CC#N)C1(C)CCCC1. The van der Waals surface area contributed by atoms with Crippen molar-refractivity contribution < 1.29 is 0 Å². The van der Waals surface area contributed by atoms with Gasteiger partial charge in [-0.25, -0.2) is 0 Å². The van der Waals surface area contributed by atoms with Crippen molar-refractivity contribution in [2.24, 2.45) is 16.7 Å². The summed E-state index contributed by atoms with van der Waals surface area (Å²) in [5.41, 5.74) is 0.606. The van der Waals surface area contributed by atoms with Crippen molar-refractivity contribution in [3.05, 3.63) is 0 Å². The molecule has 1 heteroatoms. The highest BCUT2D eigenvalue weighted by Crippen LogP contribution is 2.56. The van der Waals surface area contributed by atoms with E-state index in [0.29, 0.717) is 17.8 Å². The van der Waals surface area contributed by atoms with E-state index < -0.39 is 0 Å². The van der Waals surface area contributed by atoms with Crippen LogP contribution in [-0.4, -0.2) is 0 Å². The van der Waals surface area contributed by atoms with Crippen molar-refractivity contribution in [3.8, 4) is 6.07 Å². The molecule has 1 unspecified atom stereocenters. The first kappa shape index (κ1) is 11.6. The zero-order valence-corrected chi connectivity index (χ0v) is 10.1. The van der Waals surface area contributed by atoms with Gasteiger partial charge in [-0.15, -0.1) is 0 Å². The molecule has 1 saturated carbocycles. The van der Waals surface area contributed by atoms with Crippen molar-refractivity contribution in [2.45, 2.75) is 59.8 Å². The molecule has 1 fully saturated rings. The Morgan fingerprint density at radius 1 is 1.36 bits per heavy atom. The molecular weight excluding hydrogens is 170 g/mol. The second-order valence-corrected chi connectivity index (χ2v) is 5.67. The second kappa shape index (κ2) is 3.93. The number of hydrogen-bond donors (Lipinski definition) is 0. The molecule has 1 rings (SSSR count). The summed E-state index contributed by atoms with van der Waals surface area (Å²) in [6, 6.07) is 2.39. The summed E-state index contributed by atoms with van der Waals surface area (Å²) >= 11 is 0. The lowest BCUT2D eigenvalue weighted by Crippen LogP contribution is -2.39. The average molecular weight is 193 g/mol. The average Bonchev–Trinajstić information content (AvgIpc) is 2.53. The Kier molecular flexibility index (Phi) is 3.24. The third kappa shape index (κ3) is 1.67. The number of rotatable bonds is 3. The van der Waals surface area contributed by atoms with Gasteiger partial charge in [-0.3, -0.25) is 0 Å². The Labute approximate surface area is 88.5 Å². The van der Waals surface area contributed by atoms with Gasteiger partial charge in [0.1, 0.15) is 0 Å². The fourth-order valence-corrected chi connectivity index (χ4v) is 3.01.